The van der Waals surface area contributed by atoms with Gasteiger partial charge in [0.15, 0.2) is 0 Å². The molecule has 2 rings (SSSR count). The third kappa shape index (κ3) is 4.71. The number of hydrogen-bond donors (Lipinski definition) is 1. The van der Waals surface area contributed by atoms with E-state index in [1.807, 2.05) is 17.8 Å². The maximum atomic E-state index is 5.85. The first kappa shape index (κ1) is 15.7. The van der Waals surface area contributed by atoms with Crippen molar-refractivity contribution in [3.8, 4) is 5.75 Å². The molecule has 0 saturated carbocycles. The second kappa shape index (κ2) is 7.93. The van der Waals surface area contributed by atoms with E-state index in [-0.39, 0.29) is 18.5 Å². The molecule has 1 saturated heterocycles. The van der Waals surface area contributed by atoms with E-state index in [4.69, 9.17) is 4.74 Å². The van der Waals surface area contributed by atoms with Crippen LogP contribution in [0.2, 0.25) is 0 Å². The molecular formula is C14H22ClNOS. The first-order valence-corrected chi connectivity index (χ1v) is 7.26. The number of rotatable bonds is 4. The molecule has 1 N–H and O–H groups in total. The first-order valence-electron chi connectivity index (χ1n) is 6.39. The lowest BCUT2D eigenvalue weighted by Gasteiger charge is -2.23. The van der Waals surface area contributed by atoms with Crippen LogP contribution < -0.4 is 10.1 Å². The zero-order valence-corrected chi connectivity index (χ0v) is 12.7. The van der Waals surface area contributed by atoms with E-state index in [0.29, 0.717) is 0 Å². The van der Waals surface area contributed by atoms with Gasteiger partial charge in [-0.3, -0.25) is 0 Å². The van der Waals surface area contributed by atoms with Gasteiger partial charge < -0.3 is 10.1 Å². The van der Waals surface area contributed by atoms with Gasteiger partial charge in [0.1, 0.15) is 5.75 Å². The Hall–Kier alpha value is -0.380. The Labute approximate surface area is 120 Å². The van der Waals surface area contributed by atoms with Crippen LogP contribution >= 0.6 is 24.2 Å². The molecule has 0 aromatic heterocycles. The van der Waals surface area contributed by atoms with Gasteiger partial charge in [0, 0.05) is 10.1 Å². The lowest BCUT2D eigenvalue weighted by Crippen LogP contribution is -2.29. The fraction of sp³-hybridized carbons (Fsp3) is 0.571. The van der Waals surface area contributed by atoms with Crippen LogP contribution in [0.1, 0.15) is 26.7 Å². The monoisotopic (exact) mass is 287 g/mol. The van der Waals surface area contributed by atoms with Crippen molar-refractivity contribution in [1.82, 2.24) is 5.32 Å². The summed E-state index contributed by atoms with van der Waals surface area (Å²) >= 11 is 1.97. The first-order chi connectivity index (χ1) is 8.25. The van der Waals surface area contributed by atoms with E-state index < -0.39 is 0 Å². The zero-order chi connectivity index (χ0) is 12.1. The molecule has 1 aromatic rings. The van der Waals surface area contributed by atoms with Crippen LogP contribution in [-0.4, -0.2) is 24.4 Å². The molecule has 1 heterocycles. The number of piperidine rings is 1. The molecule has 1 aliphatic rings. The summed E-state index contributed by atoms with van der Waals surface area (Å²) in [5.41, 5.74) is 0. The van der Waals surface area contributed by atoms with Crippen molar-refractivity contribution < 1.29 is 4.74 Å². The van der Waals surface area contributed by atoms with Gasteiger partial charge in [0.25, 0.3) is 0 Å². The topological polar surface area (TPSA) is 21.3 Å². The van der Waals surface area contributed by atoms with Gasteiger partial charge >= 0.3 is 0 Å². The fourth-order valence-electron chi connectivity index (χ4n) is 1.99. The highest BCUT2D eigenvalue weighted by molar-refractivity contribution is 8.00. The van der Waals surface area contributed by atoms with Crippen molar-refractivity contribution in [1.29, 1.82) is 0 Å². The number of benzene rings is 1. The summed E-state index contributed by atoms with van der Waals surface area (Å²) in [5.74, 6) is 1.03. The Balaban J connectivity index is 0.00000162. The van der Waals surface area contributed by atoms with Crippen molar-refractivity contribution >= 4 is 24.2 Å². The van der Waals surface area contributed by atoms with Crippen LogP contribution in [0.3, 0.4) is 0 Å². The molecule has 4 heteroatoms. The number of para-hydroxylation sites is 1. The Kier molecular flexibility index (Phi) is 6.90. The van der Waals surface area contributed by atoms with Crippen molar-refractivity contribution in [3.05, 3.63) is 24.3 Å². The standard InChI is InChI=1S/C14H21NOS.ClH/c1-11(2)16-13-5-3-4-6-14(13)17-12-7-9-15-10-8-12;/h3-6,11-12,15H,7-10H2,1-2H3;1H. The predicted molar refractivity (Wildman–Crippen MR) is 81.2 cm³/mol. The number of hydrogen-bond acceptors (Lipinski definition) is 3. The molecule has 18 heavy (non-hydrogen) atoms. The summed E-state index contributed by atoms with van der Waals surface area (Å²) in [4.78, 5) is 1.29. The summed E-state index contributed by atoms with van der Waals surface area (Å²) in [7, 11) is 0. The second-order valence-corrected chi connectivity index (χ2v) is 6.02. The van der Waals surface area contributed by atoms with Gasteiger partial charge in [-0.25, -0.2) is 0 Å². The molecule has 0 spiro atoms. The maximum Gasteiger partial charge on any atom is 0.133 e. The lowest BCUT2D eigenvalue weighted by atomic mass is 10.2. The third-order valence-corrected chi connectivity index (χ3v) is 4.19. The van der Waals surface area contributed by atoms with Gasteiger partial charge in [-0.1, -0.05) is 12.1 Å². The predicted octanol–water partition coefficient (Wildman–Crippen LogP) is 3.74. The average Bonchev–Trinajstić information content (AvgIpc) is 2.32. The van der Waals surface area contributed by atoms with Crippen LogP contribution in [0.5, 0.6) is 5.75 Å². The summed E-state index contributed by atoms with van der Waals surface area (Å²) in [6.45, 7) is 6.44. The fourth-order valence-corrected chi connectivity index (χ4v) is 3.21. The molecule has 0 unspecified atom stereocenters. The lowest BCUT2D eigenvalue weighted by molar-refractivity contribution is 0.236. The minimum absolute atomic E-state index is 0. The Morgan fingerprint density at radius 2 is 1.89 bits per heavy atom. The Bertz CT molecular complexity index is 353. The molecule has 2 nitrogen and oxygen atoms in total. The van der Waals surface area contributed by atoms with Crippen molar-refractivity contribution in [2.24, 2.45) is 0 Å². The quantitative estimate of drug-likeness (QED) is 0.911. The molecule has 1 aliphatic heterocycles. The highest BCUT2D eigenvalue weighted by atomic mass is 35.5. The van der Waals surface area contributed by atoms with E-state index >= 15 is 0 Å². The summed E-state index contributed by atoms with van der Waals surface area (Å²) in [6.07, 6.45) is 2.74. The SMILES string of the molecule is CC(C)Oc1ccccc1SC1CCNCC1.Cl. The summed E-state index contributed by atoms with van der Waals surface area (Å²) in [5, 5.41) is 4.13. The molecule has 102 valence electrons. The molecule has 0 bridgehead atoms. The normalized spacial score (nSPS) is 16.4. The van der Waals surface area contributed by atoms with Gasteiger partial charge in [-0.15, -0.1) is 24.2 Å². The maximum absolute atomic E-state index is 5.85. The van der Waals surface area contributed by atoms with Crippen LogP contribution in [0.15, 0.2) is 29.2 Å². The summed E-state index contributed by atoms with van der Waals surface area (Å²) in [6, 6.07) is 8.38. The average molecular weight is 288 g/mol. The second-order valence-electron chi connectivity index (χ2n) is 4.68. The summed E-state index contributed by atoms with van der Waals surface area (Å²) < 4.78 is 5.85. The van der Waals surface area contributed by atoms with Gasteiger partial charge in [-0.05, 0) is 51.9 Å². The smallest absolute Gasteiger partial charge is 0.133 e. The van der Waals surface area contributed by atoms with Gasteiger partial charge in [0.05, 0.1) is 6.10 Å². The molecule has 1 fully saturated rings. The van der Waals surface area contributed by atoms with Crippen LogP contribution in [-0.2, 0) is 0 Å². The van der Waals surface area contributed by atoms with Crippen molar-refractivity contribution in [3.63, 3.8) is 0 Å². The third-order valence-electron chi connectivity index (χ3n) is 2.79. The van der Waals surface area contributed by atoms with Crippen molar-refractivity contribution in [2.45, 2.75) is 42.9 Å². The highest BCUT2D eigenvalue weighted by Gasteiger charge is 2.16. The zero-order valence-electron chi connectivity index (χ0n) is 11.0. The molecule has 0 radical (unpaired) electrons. The largest absolute Gasteiger partial charge is 0.490 e. The van der Waals surface area contributed by atoms with Crippen LogP contribution in [0.25, 0.3) is 0 Å². The number of ether oxygens (including phenoxy) is 1. The number of nitrogens with one attached hydrogen (secondary N) is 1. The molecule has 1 aromatic carbocycles. The van der Waals surface area contributed by atoms with Gasteiger partial charge in [-0.2, -0.15) is 0 Å². The van der Waals surface area contributed by atoms with Gasteiger partial charge in [0.2, 0.25) is 0 Å². The molecule has 0 amide bonds. The van der Waals surface area contributed by atoms with E-state index in [2.05, 4.69) is 37.4 Å². The van der Waals surface area contributed by atoms with E-state index in [1.165, 1.54) is 17.7 Å². The molecular weight excluding hydrogens is 266 g/mol. The van der Waals surface area contributed by atoms with Crippen LogP contribution in [0, 0.1) is 0 Å². The minimum Gasteiger partial charge on any atom is -0.490 e. The Morgan fingerprint density at radius 1 is 1.22 bits per heavy atom. The van der Waals surface area contributed by atoms with E-state index in [0.717, 1.165) is 24.1 Å². The minimum atomic E-state index is 0. The van der Waals surface area contributed by atoms with Crippen LogP contribution in [0.4, 0.5) is 0 Å². The van der Waals surface area contributed by atoms with Crippen molar-refractivity contribution in [2.75, 3.05) is 13.1 Å². The number of halogens is 1. The highest BCUT2D eigenvalue weighted by Crippen LogP contribution is 2.35. The molecule has 0 aliphatic carbocycles. The molecule has 0 atom stereocenters. The Morgan fingerprint density at radius 3 is 2.56 bits per heavy atom. The van der Waals surface area contributed by atoms with E-state index in [9.17, 15) is 0 Å². The van der Waals surface area contributed by atoms with E-state index in [1.54, 1.807) is 0 Å². The number of thioether (sulfide) groups is 1.